The molecule has 1 rings (SSSR count). The minimum absolute atomic E-state index is 0.0757. The molecule has 1 aromatic carbocycles. The van der Waals surface area contributed by atoms with E-state index in [0.717, 1.165) is 13.0 Å². The lowest BCUT2D eigenvalue weighted by atomic mass is 10.1. The number of hydrogen-bond donors (Lipinski definition) is 1. The summed E-state index contributed by atoms with van der Waals surface area (Å²) in [5.74, 6) is 0. The topological polar surface area (TPSA) is 23.5 Å². The Morgan fingerprint density at radius 2 is 2.00 bits per heavy atom. The lowest BCUT2D eigenvalue weighted by Crippen LogP contribution is -2.29. The van der Waals surface area contributed by atoms with Gasteiger partial charge in [0.25, 0.3) is 0 Å². The summed E-state index contributed by atoms with van der Waals surface area (Å²) in [7, 11) is 1.91. The van der Waals surface area contributed by atoms with Gasteiger partial charge in [-0.15, -0.1) is 0 Å². The highest BCUT2D eigenvalue weighted by Crippen LogP contribution is 2.03. The van der Waals surface area contributed by atoms with Gasteiger partial charge in [0.1, 0.15) is 6.17 Å². The second-order valence-electron chi connectivity index (χ2n) is 4.11. The van der Waals surface area contributed by atoms with Gasteiger partial charge < -0.3 is 10.0 Å². The van der Waals surface area contributed by atoms with E-state index in [9.17, 15) is 4.39 Å². The van der Waals surface area contributed by atoms with E-state index >= 15 is 0 Å². The molecule has 0 spiro atoms. The Morgan fingerprint density at radius 1 is 1.31 bits per heavy atom. The van der Waals surface area contributed by atoms with Crippen LogP contribution in [0.15, 0.2) is 30.3 Å². The van der Waals surface area contributed by atoms with Gasteiger partial charge in [-0.3, -0.25) is 0 Å². The van der Waals surface area contributed by atoms with Crippen LogP contribution in [0.25, 0.3) is 0 Å². The molecule has 0 heterocycles. The van der Waals surface area contributed by atoms with Crippen molar-refractivity contribution in [3.05, 3.63) is 35.9 Å². The molecule has 0 bridgehead atoms. The van der Waals surface area contributed by atoms with Gasteiger partial charge in [0.15, 0.2) is 0 Å². The summed E-state index contributed by atoms with van der Waals surface area (Å²) < 4.78 is 13.2. The fourth-order valence-electron chi connectivity index (χ4n) is 1.63. The zero-order valence-electron chi connectivity index (χ0n) is 9.77. The van der Waals surface area contributed by atoms with Crippen molar-refractivity contribution >= 4 is 0 Å². The molecule has 0 aliphatic carbocycles. The highest BCUT2D eigenvalue weighted by molar-refractivity contribution is 5.14. The van der Waals surface area contributed by atoms with E-state index in [4.69, 9.17) is 5.11 Å². The largest absolute Gasteiger partial charge is 0.396 e. The van der Waals surface area contributed by atoms with E-state index in [1.807, 2.05) is 30.1 Å². The van der Waals surface area contributed by atoms with Gasteiger partial charge in [0, 0.05) is 26.1 Å². The van der Waals surface area contributed by atoms with Gasteiger partial charge in [0.2, 0.25) is 0 Å². The van der Waals surface area contributed by atoms with E-state index in [0.29, 0.717) is 6.54 Å². The van der Waals surface area contributed by atoms with Gasteiger partial charge in [0.05, 0.1) is 0 Å². The Balaban J connectivity index is 2.22. The fourth-order valence-corrected chi connectivity index (χ4v) is 1.63. The Labute approximate surface area is 96.7 Å². The summed E-state index contributed by atoms with van der Waals surface area (Å²) in [5, 5.41) is 8.60. The monoisotopic (exact) mass is 225 g/mol. The van der Waals surface area contributed by atoms with E-state index in [-0.39, 0.29) is 13.0 Å². The summed E-state index contributed by atoms with van der Waals surface area (Å²) in [6.07, 6.45) is 0.240. The van der Waals surface area contributed by atoms with Gasteiger partial charge >= 0.3 is 0 Å². The molecule has 2 nitrogen and oxygen atoms in total. The van der Waals surface area contributed by atoms with Gasteiger partial charge in [-0.1, -0.05) is 30.3 Å². The highest BCUT2D eigenvalue weighted by atomic mass is 19.1. The molecule has 0 aliphatic heterocycles. The van der Waals surface area contributed by atoms with Gasteiger partial charge in [-0.2, -0.15) is 0 Å². The third-order valence-electron chi connectivity index (χ3n) is 2.58. The molecule has 0 aliphatic rings. The lowest BCUT2D eigenvalue weighted by Gasteiger charge is -2.18. The maximum Gasteiger partial charge on any atom is 0.115 e. The number of benzene rings is 1. The quantitative estimate of drug-likeness (QED) is 0.766. The van der Waals surface area contributed by atoms with E-state index in [1.165, 1.54) is 5.56 Å². The number of likely N-dealkylation sites (N-methyl/N-ethyl adjacent to an activating group) is 1. The van der Waals surface area contributed by atoms with Crippen LogP contribution in [-0.4, -0.2) is 42.9 Å². The molecule has 0 aromatic heterocycles. The fraction of sp³-hybridized carbons (Fsp3) is 0.538. The number of hydrogen-bond acceptors (Lipinski definition) is 2. The van der Waals surface area contributed by atoms with Crippen LogP contribution >= 0.6 is 0 Å². The molecular weight excluding hydrogens is 205 g/mol. The molecule has 1 atom stereocenters. The number of rotatable bonds is 7. The van der Waals surface area contributed by atoms with Crippen molar-refractivity contribution in [2.24, 2.45) is 0 Å². The van der Waals surface area contributed by atoms with Crippen LogP contribution in [0.1, 0.15) is 12.0 Å². The van der Waals surface area contributed by atoms with Crippen molar-refractivity contribution in [2.75, 3.05) is 26.7 Å². The number of aliphatic hydroxyl groups is 1. The summed E-state index contributed by atoms with van der Waals surface area (Å²) in [5.41, 5.74) is 1.27. The molecule has 1 unspecified atom stereocenters. The van der Waals surface area contributed by atoms with Crippen molar-refractivity contribution in [2.45, 2.75) is 19.0 Å². The Morgan fingerprint density at radius 3 is 2.62 bits per heavy atom. The molecule has 0 radical (unpaired) electrons. The molecule has 90 valence electrons. The Hall–Kier alpha value is -0.930. The molecule has 0 fully saturated rings. The van der Waals surface area contributed by atoms with Crippen molar-refractivity contribution < 1.29 is 9.50 Å². The molecule has 1 aromatic rings. The van der Waals surface area contributed by atoms with E-state index < -0.39 is 6.17 Å². The van der Waals surface area contributed by atoms with Crippen molar-refractivity contribution in [1.82, 2.24) is 4.90 Å². The predicted octanol–water partition coefficient (Wildman–Crippen LogP) is 1.88. The van der Waals surface area contributed by atoms with Gasteiger partial charge in [-0.05, 0) is 19.0 Å². The minimum Gasteiger partial charge on any atom is -0.396 e. The average molecular weight is 225 g/mol. The highest BCUT2D eigenvalue weighted by Gasteiger charge is 2.09. The normalized spacial score (nSPS) is 13.0. The summed E-state index contributed by atoms with van der Waals surface area (Å²) in [4.78, 5) is 1.97. The molecule has 16 heavy (non-hydrogen) atoms. The van der Waals surface area contributed by atoms with E-state index in [1.54, 1.807) is 0 Å². The zero-order valence-corrected chi connectivity index (χ0v) is 9.77. The van der Waals surface area contributed by atoms with Crippen LogP contribution in [0.3, 0.4) is 0 Å². The van der Waals surface area contributed by atoms with Crippen LogP contribution in [-0.2, 0) is 6.42 Å². The van der Waals surface area contributed by atoms with Crippen molar-refractivity contribution in [3.8, 4) is 0 Å². The van der Waals surface area contributed by atoms with E-state index in [2.05, 4.69) is 12.1 Å². The Bertz CT molecular complexity index is 279. The molecule has 1 N–H and O–H groups in total. The number of nitrogens with zero attached hydrogens (tertiary/aromatic N) is 1. The first-order valence-electron chi connectivity index (χ1n) is 5.69. The first-order chi connectivity index (χ1) is 7.72. The SMILES string of the molecule is CN(CCc1ccccc1)CC(F)CCO. The lowest BCUT2D eigenvalue weighted by molar-refractivity contribution is 0.175. The predicted molar refractivity (Wildman–Crippen MR) is 64.2 cm³/mol. The number of alkyl halides is 1. The second-order valence-corrected chi connectivity index (χ2v) is 4.11. The molecular formula is C13H20FNO. The molecule has 0 saturated carbocycles. The zero-order chi connectivity index (χ0) is 11.8. The van der Waals surface area contributed by atoms with Crippen LogP contribution in [0.2, 0.25) is 0 Å². The Kier molecular flexibility index (Phi) is 6.04. The molecule has 0 saturated heterocycles. The standard InChI is InChI=1S/C13H20FNO/c1-15(11-13(14)8-10-16)9-7-12-5-3-2-4-6-12/h2-6,13,16H,7-11H2,1H3. The van der Waals surface area contributed by atoms with Crippen molar-refractivity contribution in [1.29, 1.82) is 0 Å². The van der Waals surface area contributed by atoms with Gasteiger partial charge in [-0.25, -0.2) is 4.39 Å². The van der Waals surface area contributed by atoms with Crippen LogP contribution in [0.4, 0.5) is 4.39 Å². The molecule has 0 amide bonds. The maximum atomic E-state index is 13.2. The summed E-state index contributed by atoms with van der Waals surface area (Å²) >= 11 is 0. The first kappa shape index (κ1) is 13.1. The van der Waals surface area contributed by atoms with Crippen LogP contribution < -0.4 is 0 Å². The third-order valence-corrected chi connectivity index (χ3v) is 2.58. The van der Waals surface area contributed by atoms with Crippen LogP contribution in [0, 0.1) is 0 Å². The number of halogens is 1. The minimum atomic E-state index is -0.925. The van der Waals surface area contributed by atoms with Crippen LogP contribution in [0.5, 0.6) is 0 Å². The number of aliphatic hydroxyl groups excluding tert-OH is 1. The average Bonchev–Trinajstić information content (AvgIpc) is 2.28. The summed E-state index contributed by atoms with van der Waals surface area (Å²) in [6, 6.07) is 10.2. The molecule has 3 heteroatoms. The smallest absolute Gasteiger partial charge is 0.115 e. The van der Waals surface area contributed by atoms with Crippen molar-refractivity contribution in [3.63, 3.8) is 0 Å². The third kappa shape index (κ3) is 5.24. The second kappa shape index (κ2) is 7.36. The summed E-state index contributed by atoms with van der Waals surface area (Å²) in [6.45, 7) is 1.16. The first-order valence-corrected chi connectivity index (χ1v) is 5.69. The maximum absolute atomic E-state index is 13.2.